The van der Waals surface area contributed by atoms with Gasteiger partial charge >= 0.3 is 12.2 Å². The maximum absolute atomic E-state index is 15.0. The van der Waals surface area contributed by atoms with E-state index in [1.807, 2.05) is 0 Å². The molecule has 196 valence electrons. The Kier molecular flexibility index (Phi) is 6.44. The fourth-order valence-electron chi connectivity index (χ4n) is 4.12. The summed E-state index contributed by atoms with van der Waals surface area (Å²) in [5, 5.41) is 11.6. The van der Waals surface area contributed by atoms with Crippen molar-refractivity contribution >= 4 is 29.2 Å². The molecule has 0 spiro atoms. The monoisotopic (exact) mass is 528 g/mol. The molecular weight excluding hydrogens is 508 g/mol. The van der Waals surface area contributed by atoms with Crippen molar-refractivity contribution in [2.75, 3.05) is 9.80 Å². The molecule has 3 aromatic rings. The van der Waals surface area contributed by atoms with Gasteiger partial charge in [0.05, 0.1) is 22.9 Å². The van der Waals surface area contributed by atoms with Crippen molar-refractivity contribution in [3.63, 3.8) is 0 Å². The average molecular weight is 528 g/mol. The third-order valence-electron chi connectivity index (χ3n) is 6.11. The van der Waals surface area contributed by atoms with Crippen LogP contribution in [0.4, 0.5) is 33.7 Å². The smallest absolute Gasteiger partial charge is 0.345 e. The summed E-state index contributed by atoms with van der Waals surface area (Å²) in [4.78, 5) is 44.2. The standard InChI is InChI=1S/C25H20F4N6O3/c1-24(2)22(37)34(16-6-4-14(12-30)18(10-16)25(27,28)29)23(38)35(24)17-7-5-15(19(26)11-17)13-32-21(36)20-31-8-9-33(20)3/h4-11H,13H2,1-3H3,(H,32,36). The molecule has 1 aliphatic heterocycles. The predicted octanol–water partition coefficient (Wildman–Crippen LogP) is 4.13. The number of imide groups is 1. The number of aromatic nitrogens is 2. The van der Waals surface area contributed by atoms with Gasteiger partial charge in [-0.1, -0.05) is 6.07 Å². The summed E-state index contributed by atoms with van der Waals surface area (Å²) in [6.07, 6.45) is -1.89. The van der Waals surface area contributed by atoms with Crippen LogP contribution in [-0.2, 0) is 24.6 Å². The van der Waals surface area contributed by atoms with Crippen molar-refractivity contribution in [3.8, 4) is 6.07 Å². The number of hydrogen-bond acceptors (Lipinski definition) is 5. The second-order valence-corrected chi connectivity index (χ2v) is 8.98. The first-order valence-electron chi connectivity index (χ1n) is 11.1. The Morgan fingerprint density at radius 3 is 2.39 bits per heavy atom. The third-order valence-corrected chi connectivity index (χ3v) is 6.11. The molecule has 0 bridgehead atoms. The minimum atomic E-state index is -4.90. The van der Waals surface area contributed by atoms with Gasteiger partial charge in [0, 0.05) is 37.2 Å². The minimum absolute atomic E-state index is 0.0165. The van der Waals surface area contributed by atoms with E-state index in [1.165, 1.54) is 42.8 Å². The molecule has 4 amide bonds. The Hall–Kier alpha value is -4.73. The maximum atomic E-state index is 15.0. The summed E-state index contributed by atoms with van der Waals surface area (Å²) in [6, 6.07) is 6.63. The Labute approximate surface area is 213 Å². The average Bonchev–Trinajstić information content (AvgIpc) is 3.35. The summed E-state index contributed by atoms with van der Waals surface area (Å²) in [6.45, 7) is 2.56. The van der Waals surface area contributed by atoms with E-state index in [-0.39, 0.29) is 29.3 Å². The lowest BCUT2D eigenvalue weighted by molar-refractivity contribution is -0.137. The van der Waals surface area contributed by atoms with Crippen LogP contribution in [0.5, 0.6) is 0 Å². The summed E-state index contributed by atoms with van der Waals surface area (Å²) in [5.41, 5.74) is -3.84. The normalized spacial score (nSPS) is 15.1. The number of carbonyl (C=O) groups is 3. The van der Waals surface area contributed by atoms with Gasteiger partial charge in [-0.25, -0.2) is 19.1 Å². The van der Waals surface area contributed by atoms with E-state index in [9.17, 15) is 31.9 Å². The van der Waals surface area contributed by atoms with Crippen molar-refractivity contribution in [2.45, 2.75) is 32.1 Å². The number of nitrogens with one attached hydrogen (secondary N) is 1. The number of carbonyl (C=O) groups excluding carboxylic acids is 3. The number of hydrogen-bond donors (Lipinski definition) is 1. The lowest BCUT2D eigenvalue weighted by Crippen LogP contribution is -2.44. The molecule has 1 N–H and O–H groups in total. The number of nitriles is 1. The van der Waals surface area contributed by atoms with Gasteiger partial charge in [-0.2, -0.15) is 18.4 Å². The number of rotatable bonds is 5. The highest BCUT2D eigenvalue weighted by Crippen LogP contribution is 2.39. The van der Waals surface area contributed by atoms with Crippen LogP contribution in [0.1, 0.15) is 41.2 Å². The van der Waals surface area contributed by atoms with E-state index in [1.54, 1.807) is 13.2 Å². The molecule has 0 radical (unpaired) electrons. The molecule has 38 heavy (non-hydrogen) atoms. The summed E-state index contributed by atoms with van der Waals surface area (Å²) in [5.74, 6) is -2.03. The number of imidazole rings is 1. The first kappa shape index (κ1) is 26.3. The van der Waals surface area contributed by atoms with Crippen LogP contribution in [-0.4, -0.2) is 32.9 Å². The molecule has 9 nitrogen and oxygen atoms in total. The number of urea groups is 1. The van der Waals surface area contributed by atoms with E-state index in [4.69, 9.17) is 5.26 Å². The number of benzene rings is 2. The lowest BCUT2D eigenvalue weighted by atomic mass is 10.0. The van der Waals surface area contributed by atoms with E-state index >= 15 is 0 Å². The van der Waals surface area contributed by atoms with Crippen molar-refractivity contribution in [1.29, 1.82) is 5.26 Å². The molecular formula is C25H20F4N6O3. The molecule has 0 atom stereocenters. The lowest BCUT2D eigenvalue weighted by Gasteiger charge is -2.28. The summed E-state index contributed by atoms with van der Waals surface area (Å²) < 4.78 is 56.9. The molecule has 1 aromatic heterocycles. The Morgan fingerprint density at radius 2 is 1.82 bits per heavy atom. The van der Waals surface area contributed by atoms with Crippen LogP contribution < -0.4 is 15.1 Å². The molecule has 1 aliphatic rings. The highest BCUT2D eigenvalue weighted by molar-refractivity contribution is 6.30. The second kappa shape index (κ2) is 9.29. The van der Waals surface area contributed by atoms with Gasteiger partial charge in [-0.15, -0.1) is 0 Å². The summed E-state index contributed by atoms with van der Waals surface area (Å²) in [7, 11) is 1.62. The van der Waals surface area contributed by atoms with Crippen LogP contribution in [0.3, 0.4) is 0 Å². The number of aryl methyl sites for hydroxylation is 1. The SMILES string of the molecule is Cn1ccnc1C(=O)NCc1ccc(N2C(=O)N(c3ccc(C#N)c(C(F)(F)F)c3)C(=O)C2(C)C)cc1F. The van der Waals surface area contributed by atoms with Gasteiger partial charge in [-0.05, 0) is 44.2 Å². The van der Waals surface area contributed by atoms with E-state index < -0.39 is 46.5 Å². The van der Waals surface area contributed by atoms with E-state index in [2.05, 4.69) is 10.3 Å². The van der Waals surface area contributed by atoms with Crippen molar-refractivity contribution < 1.29 is 31.9 Å². The zero-order valence-corrected chi connectivity index (χ0v) is 20.3. The molecule has 1 fully saturated rings. The van der Waals surface area contributed by atoms with Crippen LogP contribution in [0.2, 0.25) is 0 Å². The van der Waals surface area contributed by atoms with Crippen LogP contribution in [0.25, 0.3) is 0 Å². The maximum Gasteiger partial charge on any atom is 0.417 e. The number of nitrogens with zero attached hydrogens (tertiary/aromatic N) is 5. The Morgan fingerprint density at radius 1 is 1.13 bits per heavy atom. The van der Waals surface area contributed by atoms with Crippen LogP contribution >= 0.6 is 0 Å². The van der Waals surface area contributed by atoms with Crippen molar-refractivity contribution in [1.82, 2.24) is 14.9 Å². The molecule has 2 heterocycles. The Bertz CT molecular complexity index is 1510. The van der Waals surface area contributed by atoms with Crippen LogP contribution in [0.15, 0.2) is 48.8 Å². The molecule has 1 saturated heterocycles. The van der Waals surface area contributed by atoms with Gasteiger partial charge in [-0.3, -0.25) is 14.5 Å². The third kappa shape index (κ3) is 4.45. The highest BCUT2D eigenvalue weighted by Gasteiger charge is 2.53. The van der Waals surface area contributed by atoms with Crippen molar-refractivity contribution in [3.05, 3.63) is 77.1 Å². The van der Waals surface area contributed by atoms with Gasteiger partial charge in [0.25, 0.3) is 11.8 Å². The molecule has 13 heteroatoms. The predicted molar refractivity (Wildman–Crippen MR) is 126 cm³/mol. The number of anilines is 2. The van der Waals surface area contributed by atoms with Gasteiger partial charge in [0.1, 0.15) is 11.4 Å². The first-order chi connectivity index (χ1) is 17.8. The molecule has 0 saturated carbocycles. The molecule has 2 aromatic carbocycles. The summed E-state index contributed by atoms with van der Waals surface area (Å²) >= 11 is 0. The largest absolute Gasteiger partial charge is 0.417 e. The molecule has 4 rings (SSSR count). The fourth-order valence-corrected chi connectivity index (χ4v) is 4.12. The quantitative estimate of drug-likeness (QED) is 0.396. The van der Waals surface area contributed by atoms with E-state index in [0.29, 0.717) is 11.0 Å². The topological polar surface area (TPSA) is 111 Å². The Balaban J connectivity index is 1.62. The fraction of sp³-hybridized carbons (Fsp3) is 0.240. The van der Waals surface area contributed by atoms with Crippen LogP contribution in [0, 0.1) is 17.1 Å². The van der Waals surface area contributed by atoms with E-state index in [0.717, 1.165) is 23.1 Å². The number of alkyl halides is 3. The number of halogens is 4. The van der Waals surface area contributed by atoms with Crippen molar-refractivity contribution in [2.24, 2.45) is 7.05 Å². The second-order valence-electron chi connectivity index (χ2n) is 8.98. The number of amides is 4. The zero-order chi connectivity index (χ0) is 28.0. The van der Waals surface area contributed by atoms with Gasteiger partial charge in [0.2, 0.25) is 0 Å². The van der Waals surface area contributed by atoms with Gasteiger partial charge < -0.3 is 9.88 Å². The minimum Gasteiger partial charge on any atom is -0.345 e. The molecule has 0 unspecified atom stereocenters. The molecule has 0 aliphatic carbocycles. The highest BCUT2D eigenvalue weighted by atomic mass is 19.4. The van der Waals surface area contributed by atoms with Gasteiger partial charge in [0.15, 0.2) is 5.82 Å². The zero-order valence-electron chi connectivity index (χ0n) is 20.3. The first-order valence-corrected chi connectivity index (χ1v) is 11.1.